The van der Waals surface area contributed by atoms with Gasteiger partial charge in [-0.15, -0.1) is 0 Å². The van der Waals surface area contributed by atoms with E-state index in [1.165, 1.54) is 7.11 Å². The molecule has 1 aliphatic rings. The van der Waals surface area contributed by atoms with Crippen molar-refractivity contribution in [2.45, 2.75) is 6.42 Å². The molecule has 0 aromatic heterocycles. The van der Waals surface area contributed by atoms with E-state index in [2.05, 4.69) is 10.1 Å². The minimum atomic E-state index is -0.200. The van der Waals surface area contributed by atoms with E-state index in [0.29, 0.717) is 5.92 Å². The largest absolute Gasteiger partial charge is 0.453 e. The molecule has 70 valence electrons. The molecule has 1 amide bonds. The van der Waals surface area contributed by atoms with Crippen LogP contribution in [0.4, 0.5) is 4.79 Å². The third-order valence-electron chi connectivity index (χ3n) is 2.21. The van der Waals surface area contributed by atoms with E-state index >= 15 is 0 Å². The van der Waals surface area contributed by atoms with Crippen molar-refractivity contribution in [3.8, 4) is 0 Å². The van der Waals surface area contributed by atoms with E-state index in [0.717, 1.165) is 26.1 Å². The predicted molar refractivity (Wildman–Crippen MR) is 46.0 cm³/mol. The maximum atomic E-state index is 11.0. The van der Waals surface area contributed by atoms with Crippen molar-refractivity contribution in [3.63, 3.8) is 0 Å². The highest BCUT2D eigenvalue weighted by Gasteiger charge is 2.25. The van der Waals surface area contributed by atoms with Gasteiger partial charge in [0.1, 0.15) is 0 Å². The van der Waals surface area contributed by atoms with Gasteiger partial charge >= 0.3 is 6.09 Å². The lowest BCUT2D eigenvalue weighted by atomic mass is 10.1. The Kier molecular flexibility index (Phi) is 3.34. The standard InChI is InChI=1S/C8H16N2O2/c1-9-5-7-3-4-10(6-7)8(11)12-2/h7,9H,3-6H2,1-2H3. The van der Waals surface area contributed by atoms with Crippen LogP contribution in [0.1, 0.15) is 6.42 Å². The monoisotopic (exact) mass is 172 g/mol. The van der Waals surface area contributed by atoms with Crippen LogP contribution in [0.2, 0.25) is 0 Å². The molecule has 1 fully saturated rings. The SMILES string of the molecule is CNCC1CCN(C(=O)OC)C1. The molecule has 1 unspecified atom stereocenters. The third kappa shape index (κ3) is 2.11. The Balaban J connectivity index is 2.30. The maximum absolute atomic E-state index is 11.0. The van der Waals surface area contributed by atoms with Crippen molar-refractivity contribution in [2.75, 3.05) is 33.8 Å². The minimum absolute atomic E-state index is 0.200. The van der Waals surface area contributed by atoms with Gasteiger partial charge in [-0.1, -0.05) is 0 Å². The molecule has 0 aromatic rings. The Labute approximate surface area is 72.9 Å². The van der Waals surface area contributed by atoms with Crippen molar-refractivity contribution >= 4 is 6.09 Å². The topological polar surface area (TPSA) is 41.6 Å². The number of hydrogen-bond acceptors (Lipinski definition) is 3. The number of nitrogens with zero attached hydrogens (tertiary/aromatic N) is 1. The first kappa shape index (κ1) is 9.32. The molecule has 4 nitrogen and oxygen atoms in total. The van der Waals surface area contributed by atoms with Crippen LogP contribution in [0.25, 0.3) is 0 Å². The molecule has 1 heterocycles. The second-order valence-electron chi connectivity index (χ2n) is 3.13. The Morgan fingerprint density at radius 1 is 1.75 bits per heavy atom. The lowest BCUT2D eigenvalue weighted by Gasteiger charge is -2.14. The number of carbonyl (C=O) groups excluding carboxylic acids is 1. The quantitative estimate of drug-likeness (QED) is 0.651. The van der Waals surface area contributed by atoms with Crippen LogP contribution in [-0.2, 0) is 4.74 Å². The fourth-order valence-electron chi connectivity index (χ4n) is 1.58. The van der Waals surface area contributed by atoms with Gasteiger partial charge in [0.2, 0.25) is 0 Å². The van der Waals surface area contributed by atoms with Crippen LogP contribution in [0, 0.1) is 5.92 Å². The summed E-state index contributed by atoms with van der Waals surface area (Å²) in [5, 5.41) is 3.11. The predicted octanol–water partition coefficient (Wildman–Crippen LogP) is 0.294. The zero-order chi connectivity index (χ0) is 8.97. The zero-order valence-corrected chi connectivity index (χ0v) is 7.67. The number of hydrogen-bond donors (Lipinski definition) is 1. The zero-order valence-electron chi connectivity index (χ0n) is 7.67. The Bertz CT molecular complexity index is 161. The average Bonchev–Trinajstić information content (AvgIpc) is 2.52. The summed E-state index contributed by atoms with van der Waals surface area (Å²) in [6.45, 7) is 2.64. The van der Waals surface area contributed by atoms with Gasteiger partial charge in [0, 0.05) is 13.1 Å². The molecule has 0 aromatic carbocycles. The number of nitrogens with one attached hydrogen (secondary N) is 1. The van der Waals surface area contributed by atoms with Crippen molar-refractivity contribution in [1.29, 1.82) is 0 Å². The van der Waals surface area contributed by atoms with Gasteiger partial charge in [-0.3, -0.25) is 0 Å². The molecular weight excluding hydrogens is 156 g/mol. The summed E-state index contributed by atoms with van der Waals surface area (Å²) in [7, 11) is 3.36. The van der Waals surface area contributed by atoms with Gasteiger partial charge in [0.05, 0.1) is 7.11 Å². The number of likely N-dealkylation sites (tertiary alicyclic amines) is 1. The Morgan fingerprint density at radius 3 is 3.08 bits per heavy atom. The van der Waals surface area contributed by atoms with Crippen molar-refractivity contribution < 1.29 is 9.53 Å². The first-order chi connectivity index (χ1) is 5.77. The Hall–Kier alpha value is -0.770. The normalized spacial score (nSPS) is 22.8. The average molecular weight is 172 g/mol. The highest BCUT2D eigenvalue weighted by Crippen LogP contribution is 2.15. The molecule has 0 radical (unpaired) electrons. The molecule has 0 bridgehead atoms. The fraction of sp³-hybridized carbons (Fsp3) is 0.875. The molecule has 0 saturated carbocycles. The van der Waals surface area contributed by atoms with Gasteiger partial charge in [-0.2, -0.15) is 0 Å². The summed E-state index contributed by atoms with van der Waals surface area (Å²) >= 11 is 0. The number of amides is 1. The fourth-order valence-corrected chi connectivity index (χ4v) is 1.58. The Morgan fingerprint density at radius 2 is 2.50 bits per heavy atom. The van der Waals surface area contributed by atoms with Crippen molar-refractivity contribution in [2.24, 2.45) is 5.92 Å². The van der Waals surface area contributed by atoms with E-state index < -0.39 is 0 Å². The second-order valence-corrected chi connectivity index (χ2v) is 3.13. The molecular formula is C8H16N2O2. The van der Waals surface area contributed by atoms with E-state index in [1.54, 1.807) is 4.90 Å². The second kappa shape index (κ2) is 4.30. The van der Waals surface area contributed by atoms with Crippen molar-refractivity contribution in [1.82, 2.24) is 10.2 Å². The molecule has 1 atom stereocenters. The van der Waals surface area contributed by atoms with Crippen LogP contribution in [0.15, 0.2) is 0 Å². The molecule has 4 heteroatoms. The van der Waals surface area contributed by atoms with E-state index in [1.807, 2.05) is 7.05 Å². The highest BCUT2D eigenvalue weighted by molar-refractivity contribution is 5.67. The van der Waals surface area contributed by atoms with Crippen LogP contribution in [0.5, 0.6) is 0 Å². The van der Waals surface area contributed by atoms with E-state index in [9.17, 15) is 4.79 Å². The van der Waals surface area contributed by atoms with Gasteiger partial charge < -0.3 is 15.0 Å². The molecule has 1 aliphatic heterocycles. The van der Waals surface area contributed by atoms with Crippen LogP contribution < -0.4 is 5.32 Å². The summed E-state index contributed by atoms with van der Waals surface area (Å²) in [6, 6.07) is 0. The van der Waals surface area contributed by atoms with Gasteiger partial charge in [0.25, 0.3) is 0 Å². The summed E-state index contributed by atoms with van der Waals surface area (Å²) in [6.07, 6.45) is 0.879. The van der Waals surface area contributed by atoms with Crippen molar-refractivity contribution in [3.05, 3.63) is 0 Å². The smallest absolute Gasteiger partial charge is 0.409 e. The van der Waals surface area contributed by atoms with Gasteiger partial charge in [-0.25, -0.2) is 4.79 Å². The van der Waals surface area contributed by atoms with Gasteiger partial charge in [-0.05, 0) is 25.9 Å². The molecule has 1 saturated heterocycles. The van der Waals surface area contributed by atoms with Crippen LogP contribution >= 0.6 is 0 Å². The first-order valence-corrected chi connectivity index (χ1v) is 4.25. The van der Waals surface area contributed by atoms with Crippen LogP contribution in [-0.4, -0.2) is 44.8 Å². The number of carbonyl (C=O) groups is 1. The lowest BCUT2D eigenvalue weighted by molar-refractivity contribution is 0.131. The van der Waals surface area contributed by atoms with E-state index in [4.69, 9.17) is 0 Å². The summed E-state index contributed by atoms with van der Waals surface area (Å²) in [4.78, 5) is 12.8. The number of rotatable bonds is 2. The summed E-state index contributed by atoms with van der Waals surface area (Å²) < 4.78 is 4.63. The number of methoxy groups -OCH3 is 1. The molecule has 0 spiro atoms. The van der Waals surface area contributed by atoms with Crippen LogP contribution in [0.3, 0.4) is 0 Å². The first-order valence-electron chi connectivity index (χ1n) is 4.25. The molecule has 12 heavy (non-hydrogen) atoms. The number of ether oxygens (including phenoxy) is 1. The van der Waals surface area contributed by atoms with Gasteiger partial charge in [0.15, 0.2) is 0 Å². The summed E-state index contributed by atoms with van der Waals surface area (Å²) in [5.41, 5.74) is 0. The van der Waals surface area contributed by atoms with E-state index in [-0.39, 0.29) is 6.09 Å². The molecule has 0 aliphatic carbocycles. The molecule has 1 rings (SSSR count). The highest BCUT2D eigenvalue weighted by atomic mass is 16.5. The lowest BCUT2D eigenvalue weighted by Crippen LogP contribution is -2.30. The summed E-state index contributed by atoms with van der Waals surface area (Å²) in [5.74, 6) is 0.592. The minimum Gasteiger partial charge on any atom is -0.453 e. The maximum Gasteiger partial charge on any atom is 0.409 e. The molecule has 1 N–H and O–H groups in total. The third-order valence-corrected chi connectivity index (χ3v) is 2.21.